The third-order valence-corrected chi connectivity index (χ3v) is 3.61. The number of hydrogen-bond acceptors (Lipinski definition) is 3. The summed E-state index contributed by atoms with van der Waals surface area (Å²) >= 11 is 0. The zero-order valence-corrected chi connectivity index (χ0v) is 13.5. The van der Waals surface area contributed by atoms with Crippen LogP contribution in [0.3, 0.4) is 0 Å². The molecular formula is C20H21NO2. The van der Waals surface area contributed by atoms with E-state index in [0.717, 1.165) is 16.7 Å². The van der Waals surface area contributed by atoms with Crippen LogP contribution in [0.5, 0.6) is 0 Å². The van der Waals surface area contributed by atoms with E-state index in [-0.39, 0.29) is 6.61 Å². The maximum absolute atomic E-state index is 12.5. The van der Waals surface area contributed by atoms with Crippen LogP contribution in [0, 0.1) is 6.92 Å². The van der Waals surface area contributed by atoms with Crippen LogP contribution in [0.15, 0.2) is 66.7 Å². The highest BCUT2D eigenvalue weighted by Crippen LogP contribution is 2.28. The molecule has 2 aromatic carbocycles. The van der Waals surface area contributed by atoms with E-state index in [1.54, 1.807) is 6.92 Å². The SMILES string of the molecule is C=C(/C(C(=O)OCC)=C(\N)c1ccccc1C)c1ccccc1. The summed E-state index contributed by atoms with van der Waals surface area (Å²) in [7, 11) is 0. The number of nitrogens with two attached hydrogens (primary N) is 1. The van der Waals surface area contributed by atoms with Crippen molar-refractivity contribution in [2.75, 3.05) is 6.61 Å². The van der Waals surface area contributed by atoms with Crippen LogP contribution in [0.2, 0.25) is 0 Å². The van der Waals surface area contributed by atoms with Gasteiger partial charge in [0.1, 0.15) is 0 Å². The van der Waals surface area contributed by atoms with Crippen molar-refractivity contribution in [1.29, 1.82) is 0 Å². The molecule has 0 fully saturated rings. The molecular weight excluding hydrogens is 286 g/mol. The summed E-state index contributed by atoms with van der Waals surface area (Å²) in [5, 5.41) is 0. The Morgan fingerprint density at radius 1 is 1.09 bits per heavy atom. The second-order valence-corrected chi connectivity index (χ2v) is 5.17. The van der Waals surface area contributed by atoms with Gasteiger partial charge < -0.3 is 10.5 Å². The molecule has 0 amide bonds. The van der Waals surface area contributed by atoms with Crippen molar-refractivity contribution in [3.8, 4) is 0 Å². The quantitative estimate of drug-likeness (QED) is 0.517. The number of carbonyl (C=O) groups is 1. The number of aryl methyl sites for hydroxylation is 1. The summed E-state index contributed by atoms with van der Waals surface area (Å²) in [5.41, 5.74) is 10.2. The minimum atomic E-state index is -0.456. The van der Waals surface area contributed by atoms with Crippen molar-refractivity contribution in [2.24, 2.45) is 5.73 Å². The molecule has 0 spiro atoms. The van der Waals surface area contributed by atoms with Gasteiger partial charge in [-0.2, -0.15) is 0 Å². The zero-order chi connectivity index (χ0) is 16.8. The lowest BCUT2D eigenvalue weighted by molar-refractivity contribution is -0.137. The fourth-order valence-corrected chi connectivity index (χ4v) is 2.39. The first kappa shape index (κ1) is 16.6. The van der Waals surface area contributed by atoms with Gasteiger partial charge in [-0.15, -0.1) is 0 Å². The van der Waals surface area contributed by atoms with Gasteiger partial charge in [-0.3, -0.25) is 0 Å². The Balaban J connectivity index is 2.59. The van der Waals surface area contributed by atoms with E-state index in [4.69, 9.17) is 10.5 Å². The van der Waals surface area contributed by atoms with Crippen LogP contribution in [0.25, 0.3) is 11.3 Å². The number of rotatable bonds is 5. The van der Waals surface area contributed by atoms with E-state index in [0.29, 0.717) is 16.8 Å². The van der Waals surface area contributed by atoms with Crippen molar-refractivity contribution in [3.05, 3.63) is 83.4 Å². The third kappa shape index (κ3) is 3.69. The van der Waals surface area contributed by atoms with E-state index in [1.807, 2.05) is 61.5 Å². The van der Waals surface area contributed by atoms with Crippen molar-refractivity contribution < 1.29 is 9.53 Å². The summed E-state index contributed by atoms with van der Waals surface area (Å²) in [6.07, 6.45) is 0. The molecule has 0 aliphatic rings. The van der Waals surface area contributed by atoms with Gasteiger partial charge in [0, 0.05) is 5.56 Å². The van der Waals surface area contributed by atoms with Crippen LogP contribution in [0.4, 0.5) is 0 Å². The number of benzene rings is 2. The second kappa shape index (κ2) is 7.45. The monoisotopic (exact) mass is 307 g/mol. The van der Waals surface area contributed by atoms with E-state index >= 15 is 0 Å². The summed E-state index contributed by atoms with van der Waals surface area (Å²) in [6.45, 7) is 8.07. The summed E-state index contributed by atoms with van der Waals surface area (Å²) in [5.74, 6) is -0.456. The van der Waals surface area contributed by atoms with E-state index in [1.165, 1.54) is 0 Å². The summed E-state index contributed by atoms with van der Waals surface area (Å²) in [6, 6.07) is 17.2. The van der Waals surface area contributed by atoms with E-state index < -0.39 is 5.97 Å². The molecule has 0 atom stereocenters. The highest BCUT2D eigenvalue weighted by atomic mass is 16.5. The Hall–Kier alpha value is -2.81. The maximum Gasteiger partial charge on any atom is 0.340 e. The van der Waals surface area contributed by atoms with Gasteiger partial charge in [-0.05, 0) is 30.5 Å². The minimum Gasteiger partial charge on any atom is -0.462 e. The summed E-state index contributed by atoms with van der Waals surface area (Å²) in [4.78, 5) is 12.5. The van der Waals surface area contributed by atoms with E-state index in [9.17, 15) is 4.79 Å². The molecule has 0 aliphatic heterocycles. The lowest BCUT2D eigenvalue weighted by Gasteiger charge is -2.15. The van der Waals surface area contributed by atoms with Crippen LogP contribution in [-0.4, -0.2) is 12.6 Å². The smallest absolute Gasteiger partial charge is 0.340 e. The molecule has 2 N–H and O–H groups in total. The molecule has 0 aromatic heterocycles. The van der Waals surface area contributed by atoms with Gasteiger partial charge in [0.15, 0.2) is 0 Å². The molecule has 3 heteroatoms. The first-order valence-corrected chi connectivity index (χ1v) is 7.53. The number of hydrogen-bond donors (Lipinski definition) is 1. The molecule has 0 saturated carbocycles. The Labute approximate surface area is 137 Å². The second-order valence-electron chi connectivity index (χ2n) is 5.17. The Morgan fingerprint density at radius 2 is 1.70 bits per heavy atom. The highest BCUT2D eigenvalue weighted by Gasteiger charge is 2.21. The first-order chi connectivity index (χ1) is 11.1. The van der Waals surface area contributed by atoms with Gasteiger partial charge in [0.05, 0.1) is 17.9 Å². The molecule has 2 aromatic rings. The first-order valence-electron chi connectivity index (χ1n) is 7.53. The molecule has 118 valence electrons. The molecule has 0 aliphatic carbocycles. The molecule has 0 heterocycles. The van der Waals surface area contributed by atoms with Gasteiger partial charge in [0.25, 0.3) is 0 Å². The third-order valence-electron chi connectivity index (χ3n) is 3.61. The van der Waals surface area contributed by atoms with Crippen molar-refractivity contribution in [3.63, 3.8) is 0 Å². The largest absolute Gasteiger partial charge is 0.462 e. The van der Waals surface area contributed by atoms with Crippen LogP contribution in [-0.2, 0) is 9.53 Å². The fraction of sp³-hybridized carbons (Fsp3) is 0.150. The number of esters is 1. The Bertz CT molecular complexity index is 745. The fourth-order valence-electron chi connectivity index (χ4n) is 2.39. The zero-order valence-electron chi connectivity index (χ0n) is 13.5. The molecule has 3 nitrogen and oxygen atoms in total. The lowest BCUT2D eigenvalue weighted by Crippen LogP contribution is -2.15. The van der Waals surface area contributed by atoms with Crippen molar-refractivity contribution in [2.45, 2.75) is 13.8 Å². The standard InChI is InChI=1S/C20H21NO2/c1-4-23-20(22)18(15(3)16-11-6-5-7-12-16)19(21)17-13-9-8-10-14(17)2/h5-13H,3-4,21H2,1-2H3/b19-18+. The maximum atomic E-state index is 12.5. The van der Waals surface area contributed by atoms with Crippen LogP contribution < -0.4 is 5.73 Å². The van der Waals surface area contributed by atoms with Crippen molar-refractivity contribution in [1.82, 2.24) is 0 Å². The minimum absolute atomic E-state index is 0.283. The Kier molecular flexibility index (Phi) is 5.36. The average molecular weight is 307 g/mol. The predicted octanol–water partition coefficient (Wildman–Crippen LogP) is 3.94. The molecule has 2 rings (SSSR count). The molecule has 0 radical (unpaired) electrons. The van der Waals surface area contributed by atoms with Gasteiger partial charge in [-0.1, -0.05) is 61.2 Å². The van der Waals surface area contributed by atoms with Crippen molar-refractivity contribution >= 4 is 17.2 Å². The predicted molar refractivity (Wildman–Crippen MR) is 94.4 cm³/mol. The normalized spacial score (nSPS) is 11.6. The number of ether oxygens (including phenoxy) is 1. The topological polar surface area (TPSA) is 52.3 Å². The van der Waals surface area contributed by atoms with E-state index in [2.05, 4.69) is 6.58 Å². The molecule has 0 bridgehead atoms. The summed E-state index contributed by atoms with van der Waals surface area (Å²) < 4.78 is 5.19. The molecule has 0 unspecified atom stereocenters. The molecule has 23 heavy (non-hydrogen) atoms. The van der Waals surface area contributed by atoms with Crippen LogP contribution >= 0.6 is 0 Å². The number of carbonyl (C=O) groups excluding carboxylic acids is 1. The average Bonchev–Trinajstić information content (AvgIpc) is 2.56. The molecule has 0 saturated heterocycles. The highest BCUT2D eigenvalue weighted by molar-refractivity contribution is 6.12. The van der Waals surface area contributed by atoms with Gasteiger partial charge in [0.2, 0.25) is 0 Å². The lowest BCUT2D eigenvalue weighted by atomic mass is 9.94. The van der Waals surface area contributed by atoms with Gasteiger partial charge in [-0.25, -0.2) is 4.79 Å². The Morgan fingerprint density at radius 3 is 2.30 bits per heavy atom. The van der Waals surface area contributed by atoms with Crippen LogP contribution in [0.1, 0.15) is 23.6 Å². The van der Waals surface area contributed by atoms with Gasteiger partial charge >= 0.3 is 5.97 Å².